The van der Waals surface area contributed by atoms with Crippen molar-refractivity contribution in [1.82, 2.24) is 0 Å². The first kappa shape index (κ1) is 12.4. The molecule has 18 heavy (non-hydrogen) atoms. The molecule has 0 saturated heterocycles. The van der Waals surface area contributed by atoms with E-state index in [-0.39, 0.29) is 10.6 Å². The number of anilines is 2. The first-order valence-corrected chi connectivity index (χ1v) is 5.56. The Hall–Kier alpha value is -2.07. The summed E-state index contributed by atoms with van der Waals surface area (Å²) < 4.78 is 13.5. The SMILES string of the molecule is Nc1cccc(NC(=O)c2c(F)cccc2Cl)c1. The van der Waals surface area contributed by atoms with Crippen LogP contribution in [0.3, 0.4) is 0 Å². The number of hydrogen-bond donors (Lipinski definition) is 2. The molecule has 0 aliphatic rings. The molecule has 0 unspecified atom stereocenters. The summed E-state index contributed by atoms with van der Waals surface area (Å²) in [5.74, 6) is -1.27. The lowest BCUT2D eigenvalue weighted by Crippen LogP contribution is -2.14. The molecule has 0 atom stereocenters. The van der Waals surface area contributed by atoms with E-state index in [9.17, 15) is 9.18 Å². The topological polar surface area (TPSA) is 55.1 Å². The van der Waals surface area contributed by atoms with Gasteiger partial charge in [0.05, 0.1) is 10.6 Å². The summed E-state index contributed by atoms with van der Waals surface area (Å²) >= 11 is 5.80. The molecule has 92 valence electrons. The van der Waals surface area contributed by atoms with Crippen LogP contribution in [0.25, 0.3) is 0 Å². The zero-order chi connectivity index (χ0) is 13.1. The van der Waals surface area contributed by atoms with Gasteiger partial charge in [-0.15, -0.1) is 0 Å². The van der Waals surface area contributed by atoms with Gasteiger partial charge in [0.2, 0.25) is 0 Å². The summed E-state index contributed by atoms with van der Waals surface area (Å²) in [7, 11) is 0. The van der Waals surface area contributed by atoms with Gasteiger partial charge in [0.1, 0.15) is 5.82 Å². The minimum absolute atomic E-state index is 0.0661. The molecule has 0 fully saturated rings. The van der Waals surface area contributed by atoms with Gasteiger partial charge >= 0.3 is 0 Å². The Balaban J connectivity index is 2.28. The lowest BCUT2D eigenvalue weighted by molar-refractivity contribution is 0.102. The quantitative estimate of drug-likeness (QED) is 0.818. The van der Waals surface area contributed by atoms with E-state index in [1.807, 2.05) is 0 Å². The predicted octanol–water partition coefficient (Wildman–Crippen LogP) is 3.31. The van der Waals surface area contributed by atoms with Crippen molar-refractivity contribution >= 4 is 28.9 Å². The standard InChI is InChI=1S/C13H10ClFN2O/c14-10-5-2-6-11(15)12(10)13(18)17-9-4-1-3-8(16)7-9/h1-7H,16H2,(H,17,18). The monoisotopic (exact) mass is 264 g/mol. The van der Waals surface area contributed by atoms with Gasteiger partial charge in [-0.1, -0.05) is 23.7 Å². The van der Waals surface area contributed by atoms with Gasteiger partial charge in [0, 0.05) is 11.4 Å². The van der Waals surface area contributed by atoms with Crippen LogP contribution in [-0.4, -0.2) is 5.91 Å². The van der Waals surface area contributed by atoms with Crippen LogP contribution in [0.5, 0.6) is 0 Å². The summed E-state index contributed by atoms with van der Waals surface area (Å²) in [6.45, 7) is 0. The molecule has 2 aromatic rings. The number of rotatable bonds is 2. The minimum atomic E-state index is -0.663. The van der Waals surface area contributed by atoms with Gasteiger partial charge in [0.15, 0.2) is 0 Å². The molecule has 5 heteroatoms. The van der Waals surface area contributed by atoms with Gasteiger partial charge in [0.25, 0.3) is 5.91 Å². The van der Waals surface area contributed by atoms with Crippen LogP contribution in [0.2, 0.25) is 5.02 Å². The summed E-state index contributed by atoms with van der Waals surface area (Å²) in [4.78, 5) is 11.9. The fraction of sp³-hybridized carbons (Fsp3) is 0. The first-order chi connectivity index (χ1) is 8.58. The fourth-order valence-electron chi connectivity index (χ4n) is 1.52. The molecule has 1 amide bonds. The highest BCUT2D eigenvalue weighted by Crippen LogP contribution is 2.21. The van der Waals surface area contributed by atoms with Crippen LogP contribution in [0.15, 0.2) is 42.5 Å². The highest BCUT2D eigenvalue weighted by Gasteiger charge is 2.15. The zero-order valence-corrected chi connectivity index (χ0v) is 10.0. The van der Waals surface area contributed by atoms with Gasteiger partial charge in [-0.3, -0.25) is 4.79 Å². The third-order valence-electron chi connectivity index (χ3n) is 2.33. The van der Waals surface area contributed by atoms with Gasteiger partial charge in [-0.25, -0.2) is 4.39 Å². The van der Waals surface area contributed by atoms with E-state index in [2.05, 4.69) is 5.32 Å². The number of nitrogens with one attached hydrogen (secondary N) is 1. The van der Waals surface area contributed by atoms with Crippen LogP contribution >= 0.6 is 11.6 Å². The van der Waals surface area contributed by atoms with E-state index >= 15 is 0 Å². The molecule has 2 rings (SSSR count). The molecule has 0 aliphatic carbocycles. The third-order valence-corrected chi connectivity index (χ3v) is 2.65. The molecular formula is C13H10ClFN2O. The molecule has 2 aromatic carbocycles. The van der Waals surface area contributed by atoms with Crippen molar-refractivity contribution in [2.45, 2.75) is 0 Å². The maximum Gasteiger partial charge on any atom is 0.260 e. The van der Waals surface area contributed by atoms with Gasteiger partial charge < -0.3 is 11.1 Å². The summed E-state index contributed by atoms with van der Waals surface area (Å²) in [5.41, 5.74) is 6.39. The minimum Gasteiger partial charge on any atom is -0.399 e. The maximum atomic E-state index is 13.5. The Morgan fingerprint density at radius 3 is 2.61 bits per heavy atom. The van der Waals surface area contributed by atoms with E-state index in [0.717, 1.165) is 0 Å². The zero-order valence-electron chi connectivity index (χ0n) is 9.28. The van der Waals surface area contributed by atoms with Crippen molar-refractivity contribution in [3.63, 3.8) is 0 Å². The van der Waals surface area contributed by atoms with Crippen molar-refractivity contribution < 1.29 is 9.18 Å². The molecule has 0 spiro atoms. The number of carbonyl (C=O) groups excluding carboxylic acids is 1. The van der Waals surface area contributed by atoms with Crippen molar-refractivity contribution in [3.8, 4) is 0 Å². The first-order valence-electron chi connectivity index (χ1n) is 5.19. The van der Waals surface area contributed by atoms with Gasteiger partial charge in [-0.2, -0.15) is 0 Å². The molecule has 0 aliphatic heterocycles. The number of carbonyl (C=O) groups is 1. The van der Waals surface area contributed by atoms with E-state index in [0.29, 0.717) is 11.4 Å². The Kier molecular flexibility index (Phi) is 3.48. The lowest BCUT2D eigenvalue weighted by Gasteiger charge is -2.08. The number of amides is 1. The van der Waals surface area contributed by atoms with E-state index < -0.39 is 11.7 Å². The third kappa shape index (κ3) is 2.60. The Labute approximate surface area is 108 Å². The van der Waals surface area contributed by atoms with Crippen LogP contribution in [0, 0.1) is 5.82 Å². The number of hydrogen-bond acceptors (Lipinski definition) is 2. The van der Waals surface area contributed by atoms with Crippen molar-refractivity contribution in [2.24, 2.45) is 0 Å². The molecule has 3 nitrogen and oxygen atoms in total. The Morgan fingerprint density at radius 2 is 1.94 bits per heavy atom. The number of halogens is 2. The lowest BCUT2D eigenvalue weighted by atomic mass is 10.2. The second kappa shape index (κ2) is 5.06. The van der Waals surface area contributed by atoms with Crippen molar-refractivity contribution in [1.29, 1.82) is 0 Å². The summed E-state index contributed by atoms with van der Waals surface area (Å²) in [6.07, 6.45) is 0. The number of nitrogen functional groups attached to an aromatic ring is 1. The normalized spacial score (nSPS) is 10.1. The second-order valence-electron chi connectivity index (χ2n) is 3.68. The Morgan fingerprint density at radius 1 is 1.22 bits per heavy atom. The average Bonchev–Trinajstić information content (AvgIpc) is 2.28. The van der Waals surface area contributed by atoms with Crippen molar-refractivity contribution in [2.75, 3.05) is 11.1 Å². The molecule has 0 saturated carbocycles. The molecular weight excluding hydrogens is 255 g/mol. The van der Waals surface area contributed by atoms with Crippen molar-refractivity contribution in [3.05, 3.63) is 58.9 Å². The van der Waals surface area contributed by atoms with Crippen LogP contribution in [0.1, 0.15) is 10.4 Å². The molecule has 0 aromatic heterocycles. The molecule has 0 heterocycles. The summed E-state index contributed by atoms with van der Waals surface area (Å²) in [5, 5.41) is 2.60. The summed E-state index contributed by atoms with van der Waals surface area (Å²) in [6, 6.07) is 10.7. The Bertz CT molecular complexity index is 581. The second-order valence-corrected chi connectivity index (χ2v) is 4.08. The van der Waals surface area contributed by atoms with E-state index in [4.69, 9.17) is 17.3 Å². The smallest absolute Gasteiger partial charge is 0.260 e. The van der Waals surface area contributed by atoms with Crippen LogP contribution in [0.4, 0.5) is 15.8 Å². The largest absolute Gasteiger partial charge is 0.399 e. The number of nitrogens with two attached hydrogens (primary N) is 1. The molecule has 0 radical (unpaired) electrons. The highest BCUT2D eigenvalue weighted by atomic mass is 35.5. The van der Waals surface area contributed by atoms with Gasteiger partial charge in [-0.05, 0) is 30.3 Å². The molecule has 0 bridgehead atoms. The predicted molar refractivity (Wildman–Crippen MR) is 70.2 cm³/mol. The molecule has 3 N–H and O–H groups in total. The van der Waals surface area contributed by atoms with Crippen LogP contribution in [-0.2, 0) is 0 Å². The van der Waals surface area contributed by atoms with E-state index in [1.165, 1.54) is 18.2 Å². The maximum absolute atomic E-state index is 13.5. The number of benzene rings is 2. The highest BCUT2D eigenvalue weighted by molar-refractivity contribution is 6.34. The van der Waals surface area contributed by atoms with E-state index in [1.54, 1.807) is 24.3 Å². The average molecular weight is 265 g/mol. The van der Waals surface area contributed by atoms with Crippen LogP contribution < -0.4 is 11.1 Å². The fourth-order valence-corrected chi connectivity index (χ4v) is 1.77.